The molecule has 8 nitrogen and oxygen atoms in total. The lowest BCUT2D eigenvalue weighted by Crippen LogP contribution is -2.20. The third-order valence-corrected chi connectivity index (χ3v) is 6.63. The first kappa shape index (κ1) is 21.8. The number of sulfonamides is 1. The second-order valence-electron chi connectivity index (χ2n) is 7.88. The highest BCUT2D eigenvalue weighted by molar-refractivity contribution is 7.90. The van der Waals surface area contributed by atoms with Crippen LogP contribution in [0.3, 0.4) is 0 Å². The van der Waals surface area contributed by atoms with Crippen LogP contribution in [0.4, 0.5) is 5.69 Å². The number of amidine groups is 1. The quantitative estimate of drug-likeness (QED) is 0.640. The number of carbonyl (C=O) groups is 1. The summed E-state index contributed by atoms with van der Waals surface area (Å²) in [4.78, 5) is 14.6. The molecule has 0 radical (unpaired) electrons. The summed E-state index contributed by atoms with van der Waals surface area (Å²) in [6.45, 7) is 4.69. The molecule has 3 aromatic rings. The van der Waals surface area contributed by atoms with Gasteiger partial charge in [-0.1, -0.05) is 6.07 Å². The molecule has 1 saturated heterocycles. The largest absolute Gasteiger partial charge is 0.362 e. The monoisotopic (exact) mass is 451 g/mol. The molecule has 0 bridgehead atoms. The Bertz CT molecular complexity index is 1290. The van der Waals surface area contributed by atoms with Crippen molar-refractivity contribution >= 4 is 27.5 Å². The average molecular weight is 452 g/mol. The van der Waals surface area contributed by atoms with Gasteiger partial charge in [0.2, 0.25) is 0 Å². The molecule has 0 unspecified atom stereocenters. The number of benzene rings is 2. The van der Waals surface area contributed by atoms with Crippen LogP contribution in [0.15, 0.2) is 63.9 Å². The van der Waals surface area contributed by atoms with Crippen LogP contribution in [-0.4, -0.2) is 48.4 Å². The van der Waals surface area contributed by atoms with Crippen molar-refractivity contribution in [3.8, 4) is 5.69 Å². The third-order valence-electron chi connectivity index (χ3n) is 5.33. The Labute approximate surface area is 187 Å². The fourth-order valence-electron chi connectivity index (χ4n) is 3.68. The number of aryl methyl sites for hydroxylation is 2. The normalized spacial score (nSPS) is 15.3. The Morgan fingerprint density at radius 1 is 1.09 bits per heavy atom. The van der Waals surface area contributed by atoms with Crippen LogP contribution in [0, 0.1) is 13.8 Å². The zero-order chi connectivity index (χ0) is 22.9. The number of carbonyl (C=O) groups excluding carboxylic acids is 1. The van der Waals surface area contributed by atoms with Gasteiger partial charge in [0.05, 0.1) is 16.3 Å². The fraction of sp³-hybridized carbons (Fsp3) is 0.261. The summed E-state index contributed by atoms with van der Waals surface area (Å²) in [5.41, 5.74) is 3.63. The second kappa shape index (κ2) is 8.58. The Morgan fingerprint density at radius 3 is 2.47 bits per heavy atom. The minimum Gasteiger partial charge on any atom is -0.362 e. The Morgan fingerprint density at radius 2 is 1.84 bits per heavy atom. The molecular formula is C23H25N5O3S. The van der Waals surface area contributed by atoms with Gasteiger partial charge in [0, 0.05) is 37.0 Å². The van der Waals surface area contributed by atoms with Crippen LogP contribution in [0.5, 0.6) is 0 Å². The summed E-state index contributed by atoms with van der Waals surface area (Å²) >= 11 is 0. The Balaban J connectivity index is 1.51. The Kier molecular flexibility index (Phi) is 5.84. The number of aromatic nitrogens is 2. The van der Waals surface area contributed by atoms with Gasteiger partial charge in [-0.25, -0.2) is 4.68 Å². The molecular weight excluding hydrogens is 426 g/mol. The molecule has 1 aliphatic rings. The van der Waals surface area contributed by atoms with Crippen LogP contribution in [0.25, 0.3) is 5.69 Å². The minimum absolute atomic E-state index is 0.0444. The topological polar surface area (TPSA) is 96.7 Å². The van der Waals surface area contributed by atoms with E-state index in [2.05, 4.69) is 14.8 Å². The SMILES string of the molecule is Cc1cc(C)n(-c2ccc(C(=O)Nc3cccc(S(=O)(=O)/N=C4\CCCN4C)c3)cc2)n1. The van der Waals surface area contributed by atoms with Gasteiger partial charge in [-0.15, -0.1) is 4.40 Å². The van der Waals surface area contributed by atoms with E-state index in [0.717, 1.165) is 30.0 Å². The minimum atomic E-state index is -3.85. The number of nitrogens with one attached hydrogen (secondary N) is 1. The molecule has 0 aliphatic carbocycles. The van der Waals surface area contributed by atoms with Gasteiger partial charge in [-0.2, -0.15) is 13.5 Å². The van der Waals surface area contributed by atoms with E-state index in [9.17, 15) is 13.2 Å². The number of likely N-dealkylation sites (tertiary alicyclic amines) is 1. The summed E-state index contributed by atoms with van der Waals surface area (Å²) < 4.78 is 31.2. The lowest BCUT2D eigenvalue weighted by atomic mass is 10.2. The molecule has 0 spiro atoms. The highest BCUT2D eigenvalue weighted by atomic mass is 32.2. The molecule has 1 aliphatic heterocycles. The number of anilines is 1. The van der Waals surface area contributed by atoms with Crippen LogP contribution >= 0.6 is 0 Å². The zero-order valence-electron chi connectivity index (χ0n) is 18.2. The van der Waals surface area contributed by atoms with Crippen LogP contribution in [0.1, 0.15) is 34.6 Å². The number of hydrogen-bond donors (Lipinski definition) is 1. The van der Waals surface area contributed by atoms with Crippen molar-refractivity contribution in [2.75, 3.05) is 18.9 Å². The molecule has 4 rings (SSSR count). The van der Waals surface area contributed by atoms with Crippen molar-refractivity contribution in [3.63, 3.8) is 0 Å². The van der Waals surface area contributed by atoms with E-state index in [0.29, 0.717) is 23.5 Å². The van der Waals surface area contributed by atoms with Gasteiger partial charge in [-0.3, -0.25) is 4.79 Å². The molecule has 9 heteroatoms. The van der Waals surface area contributed by atoms with E-state index in [4.69, 9.17) is 0 Å². The predicted molar refractivity (Wildman–Crippen MR) is 124 cm³/mol. The predicted octanol–water partition coefficient (Wildman–Crippen LogP) is 3.55. The maximum atomic E-state index is 12.7. The molecule has 0 atom stereocenters. The number of nitrogens with zero attached hydrogens (tertiary/aromatic N) is 4. The van der Waals surface area contributed by atoms with Gasteiger partial charge in [0.1, 0.15) is 5.84 Å². The number of amides is 1. The Hall–Kier alpha value is -3.46. The average Bonchev–Trinajstić information content (AvgIpc) is 3.31. The third kappa shape index (κ3) is 4.57. The van der Waals surface area contributed by atoms with Gasteiger partial charge in [-0.05, 0) is 68.8 Å². The summed E-state index contributed by atoms with van der Waals surface area (Å²) in [5.74, 6) is 0.225. The molecule has 1 aromatic heterocycles. The van der Waals surface area contributed by atoms with Crippen LogP contribution < -0.4 is 5.32 Å². The standard InChI is InChI=1S/C23H25N5O3S/c1-16-14-17(2)28(25-16)20-11-9-18(10-12-20)23(29)24-19-6-4-7-21(15-19)32(30,31)26-22-8-5-13-27(22)3/h4,6-7,9-12,14-15H,5,8,13H2,1-3H3,(H,24,29)/b26-22+. The van der Waals surface area contributed by atoms with Crippen LogP contribution in [0.2, 0.25) is 0 Å². The van der Waals surface area contributed by atoms with Crippen molar-refractivity contribution in [2.24, 2.45) is 4.40 Å². The summed E-state index contributed by atoms with van der Waals surface area (Å²) in [6, 6.07) is 15.2. The number of hydrogen-bond acceptors (Lipinski definition) is 4. The van der Waals surface area contributed by atoms with Crippen molar-refractivity contribution in [3.05, 3.63) is 71.5 Å². The van der Waals surface area contributed by atoms with E-state index >= 15 is 0 Å². The molecule has 1 N–H and O–H groups in total. The lowest BCUT2D eigenvalue weighted by molar-refractivity contribution is 0.102. The smallest absolute Gasteiger partial charge is 0.284 e. The van der Waals surface area contributed by atoms with E-state index in [1.165, 1.54) is 12.1 Å². The second-order valence-corrected chi connectivity index (χ2v) is 9.48. The summed E-state index contributed by atoms with van der Waals surface area (Å²) in [7, 11) is -2.02. The molecule has 0 saturated carbocycles. The van der Waals surface area contributed by atoms with Crippen molar-refractivity contribution in [1.82, 2.24) is 14.7 Å². The highest BCUT2D eigenvalue weighted by Crippen LogP contribution is 2.21. The van der Waals surface area contributed by atoms with Gasteiger partial charge < -0.3 is 10.2 Å². The maximum Gasteiger partial charge on any atom is 0.284 e. The molecule has 2 heterocycles. The van der Waals surface area contributed by atoms with E-state index < -0.39 is 10.0 Å². The summed E-state index contributed by atoms with van der Waals surface area (Å²) in [6.07, 6.45) is 1.53. The highest BCUT2D eigenvalue weighted by Gasteiger charge is 2.20. The lowest BCUT2D eigenvalue weighted by Gasteiger charge is -2.11. The first-order valence-corrected chi connectivity index (χ1v) is 11.8. The van der Waals surface area contributed by atoms with Crippen molar-refractivity contribution in [1.29, 1.82) is 0 Å². The van der Waals surface area contributed by atoms with Gasteiger partial charge in [0.15, 0.2) is 0 Å². The molecule has 166 valence electrons. The van der Waals surface area contributed by atoms with Gasteiger partial charge >= 0.3 is 0 Å². The van der Waals surface area contributed by atoms with Gasteiger partial charge in [0.25, 0.3) is 15.9 Å². The zero-order valence-corrected chi connectivity index (χ0v) is 19.1. The maximum absolute atomic E-state index is 12.7. The summed E-state index contributed by atoms with van der Waals surface area (Å²) in [5, 5.41) is 7.21. The first-order valence-electron chi connectivity index (χ1n) is 10.3. The van der Waals surface area contributed by atoms with Crippen molar-refractivity contribution < 1.29 is 13.2 Å². The molecule has 1 amide bonds. The molecule has 2 aromatic carbocycles. The van der Waals surface area contributed by atoms with Crippen LogP contribution in [-0.2, 0) is 10.0 Å². The first-order chi connectivity index (χ1) is 15.2. The van der Waals surface area contributed by atoms with E-state index in [1.54, 1.807) is 24.3 Å². The molecule has 32 heavy (non-hydrogen) atoms. The van der Waals surface area contributed by atoms with Crippen molar-refractivity contribution in [2.45, 2.75) is 31.6 Å². The fourth-order valence-corrected chi connectivity index (χ4v) is 4.82. The number of rotatable bonds is 5. The molecule has 1 fully saturated rings. The van der Waals surface area contributed by atoms with E-state index in [1.807, 2.05) is 48.7 Å². The van der Waals surface area contributed by atoms with E-state index in [-0.39, 0.29) is 10.8 Å².